The largest absolute Gasteiger partial charge is 0.293 e. The van der Waals surface area contributed by atoms with Crippen LogP contribution in [0.5, 0.6) is 0 Å². The molecule has 15 heavy (non-hydrogen) atoms. The average Bonchev–Trinajstić information content (AvgIpc) is 2.20. The van der Waals surface area contributed by atoms with Gasteiger partial charge in [-0.15, -0.1) is 0 Å². The van der Waals surface area contributed by atoms with Gasteiger partial charge in [-0.1, -0.05) is 0 Å². The number of pyridine rings is 1. The first kappa shape index (κ1) is 12.1. The molecule has 0 radical (unpaired) electrons. The molecule has 1 rings (SSSR count). The highest BCUT2D eigenvalue weighted by Gasteiger charge is 2.30. The van der Waals surface area contributed by atoms with E-state index < -0.39 is 22.3 Å². The molecule has 0 atom stereocenters. The lowest BCUT2D eigenvalue weighted by atomic mass is 10.0. The van der Waals surface area contributed by atoms with Crippen LogP contribution in [-0.4, -0.2) is 21.8 Å². The third kappa shape index (κ3) is 2.53. The number of halogens is 2. The van der Waals surface area contributed by atoms with E-state index in [-0.39, 0.29) is 5.56 Å². The van der Waals surface area contributed by atoms with Crippen LogP contribution in [0.25, 0.3) is 0 Å². The molecule has 0 saturated carbocycles. The Hall–Kier alpha value is -0.970. The van der Waals surface area contributed by atoms with Gasteiger partial charge < -0.3 is 0 Å². The van der Waals surface area contributed by atoms with E-state index >= 15 is 0 Å². The maximum absolute atomic E-state index is 13.2. The standard InChI is InChI=1S/C10H11F2NOS/c1-10(2,15-3)9(14)6-4-8(12)13-5-7(6)11/h4-5H,1-3H3. The minimum absolute atomic E-state index is 0.248. The van der Waals surface area contributed by atoms with Crippen molar-refractivity contribution in [2.45, 2.75) is 18.6 Å². The highest BCUT2D eigenvalue weighted by Crippen LogP contribution is 2.27. The fourth-order valence-electron chi connectivity index (χ4n) is 1.00. The van der Waals surface area contributed by atoms with Crippen molar-refractivity contribution in [1.29, 1.82) is 0 Å². The molecule has 1 aromatic rings. The molecule has 0 saturated heterocycles. The second-order valence-corrected chi connectivity index (χ2v) is 4.96. The van der Waals surface area contributed by atoms with Gasteiger partial charge in [0.15, 0.2) is 11.6 Å². The van der Waals surface area contributed by atoms with Crippen LogP contribution in [0.15, 0.2) is 12.3 Å². The smallest absolute Gasteiger partial charge is 0.213 e. The van der Waals surface area contributed by atoms with Crippen molar-refractivity contribution in [1.82, 2.24) is 4.98 Å². The van der Waals surface area contributed by atoms with Crippen molar-refractivity contribution in [3.8, 4) is 0 Å². The van der Waals surface area contributed by atoms with E-state index in [0.29, 0.717) is 0 Å². The summed E-state index contributed by atoms with van der Waals surface area (Å²) in [5.41, 5.74) is -0.248. The van der Waals surface area contributed by atoms with E-state index in [1.165, 1.54) is 11.8 Å². The first-order chi connectivity index (χ1) is 6.88. The van der Waals surface area contributed by atoms with Crippen molar-refractivity contribution >= 4 is 17.5 Å². The Bertz CT molecular complexity index is 393. The van der Waals surface area contributed by atoms with Gasteiger partial charge in [-0.05, 0) is 20.1 Å². The van der Waals surface area contributed by atoms with Crippen molar-refractivity contribution in [2.24, 2.45) is 0 Å². The second-order valence-electron chi connectivity index (χ2n) is 3.53. The molecule has 0 spiro atoms. The number of hydrogen-bond donors (Lipinski definition) is 0. The Morgan fingerprint density at radius 3 is 2.60 bits per heavy atom. The second kappa shape index (κ2) is 4.26. The van der Waals surface area contributed by atoms with Crippen LogP contribution in [0.3, 0.4) is 0 Å². The topological polar surface area (TPSA) is 30.0 Å². The monoisotopic (exact) mass is 231 g/mol. The summed E-state index contributed by atoms with van der Waals surface area (Å²) in [6, 6.07) is 0.829. The minimum Gasteiger partial charge on any atom is -0.293 e. The number of Topliss-reactive ketones (excluding diaryl/α,β-unsaturated/α-hetero) is 1. The quantitative estimate of drug-likeness (QED) is 0.591. The Morgan fingerprint density at radius 1 is 1.47 bits per heavy atom. The van der Waals surface area contributed by atoms with E-state index in [4.69, 9.17) is 0 Å². The lowest BCUT2D eigenvalue weighted by Crippen LogP contribution is -2.28. The van der Waals surface area contributed by atoms with Crippen LogP contribution < -0.4 is 0 Å². The maximum Gasteiger partial charge on any atom is 0.213 e. The highest BCUT2D eigenvalue weighted by molar-refractivity contribution is 8.00. The third-order valence-electron chi connectivity index (χ3n) is 2.12. The van der Waals surface area contributed by atoms with Gasteiger partial charge in [-0.2, -0.15) is 16.2 Å². The molecule has 0 aliphatic carbocycles. The summed E-state index contributed by atoms with van der Waals surface area (Å²) in [7, 11) is 0. The van der Waals surface area contributed by atoms with Crippen LogP contribution in [0, 0.1) is 11.8 Å². The van der Waals surface area contributed by atoms with Crippen molar-refractivity contribution in [3.63, 3.8) is 0 Å². The molecule has 2 nitrogen and oxygen atoms in total. The number of ketones is 1. The number of nitrogens with zero attached hydrogens (tertiary/aromatic N) is 1. The molecule has 5 heteroatoms. The van der Waals surface area contributed by atoms with Gasteiger partial charge in [-0.25, -0.2) is 9.37 Å². The van der Waals surface area contributed by atoms with Crippen molar-refractivity contribution in [2.75, 3.05) is 6.26 Å². The summed E-state index contributed by atoms with van der Waals surface area (Å²) in [6.07, 6.45) is 2.46. The van der Waals surface area contributed by atoms with Gasteiger partial charge in [0.05, 0.1) is 16.5 Å². The molecule has 0 amide bonds. The number of thioether (sulfide) groups is 1. The van der Waals surface area contributed by atoms with Crippen LogP contribution in [-0.2, 0) is 0 Å². The van der Waals surface area contributed by atoms with Crippen molar-refractivity contribution in [3.05, 3.63) is 29.6 Å². The fraction of sp³-hybridized carbons (Fsp3) is 0.400. The average molecular weight is 231 g/mol. The molecule has 0 N–H and O–H groups in total. The summed E-state index contributed by atoms with van der Waals surface area (Å²) in [5, 5.41) is 0. The van der Waals surface area contributed by atoms with Gasteiger partial charge in [0.25, 0.3) is 0 Å². The third-order valence-corrected chi connectivity index (χ3v) is 3.33. The summed E-state index contributed by atoms with van der Waals surface area (Å²) < 4.78 is 25.2. The number of aromatic nitrogens is 1. The number of hydrogen-bond acceptors (Lipinski definition) is 3. The Labute approximate surface area is 91.1 Å². The lowest BCUT2D eigenvalue weighted by Gasteiger charge is -2.20. The molecule has 0 unspecified atom stereocenters. The zero-order valence-electron chi connectivity index (χ0n) is 8.67. The molecule has 1 heterocycles. The molecular weight excluding hydrogens is 220 g/mol. The predicted octanol–water partition coefficient (Wildman–Crippen LogP) is 2.68. The van der Waals surface area contributed by atoms with Gasteiger partial charge in [0, 0.05) is 6.07 Å². The Morgan fingerprint density at radius 2 is 2.07 bits per heavy atom. The van der Waals surface area contributed by atoms with Gasteiger partial charge in [0.1, 0.15) is 0 Å². The van der Waals surface area contributed by atoms with Gasteiger partial charge in [-0.3, -0.25) is 4.79 Å². The highest BCUT2D eigenvalue weighted by atomic mass is 32.2. The molecule has 0 aliphatic rings. The van der Waals surface area contributed by atoms with Crippen LogP contribution in [0.2, 0.25) is 0 Å². The first-order valence-corrected chi connectivity index (χ1v) is 5.52. The molecule has 0 fully saturated rings. The first-order valence-electron chi connectivity index (χ1n) is 4.29. The van der Waals surface area contributed by atoms with E-state index in [2.05, 4.69) is 4.98 Å². The SMILES string of the molecule is CSC(C)(C)C(=O)c1cc(F)ncc1F. The van der Waals surface area contributed by atoms with E-state index in [1.54, 1.807) is 20.1 Å². The van der Waals surface area contributed by atoms with E-state index in [1.807, 2.05) is 0 Å². The summed E-state index contributed by atoms with van der Waals surface area (Å²) in [4.78, 5) is 14.9. The number of rotatable bonds is 3. The zero-order chi connectivity index (χ0) is 11.6. The summed E-state index contributed by atoms with van der Waals surface area (Å²) in [6.45, 7) is 3.33. The Balaban J connectivity index is 3.17. The normalized spacial score (nSPS) is 11.5. The van der Waals surface area contributed by atoms with Gasteiger partial charge >= 0.3 is 0 Å². The zero-order valence-corrected chi connectivity index (χ0v) is 9.49. The fourth-order valence-corrected chi connectivity index (χ4v) is 1.30. The molecule has 1 aromatic heterocycles. The van der Waals surface area contributed by atoms with Crippen LogP contribution in [0.1, 0.15) is 24.2 Å². The molecule has 0 bridgehead atoms. The van der Waals surface area contributed by atoms with E-state index in [0.717, 1.165) is 12.3 Å². The molecular formula is C10H11F2NOS. The maximum atomic E-state index is 13.2. The lowest BCUT2D eigenvalue weighted by molar-refractivity contribution is 0.0953. The summed E-state index contributed by atoms with van der Waals surface area (Å²) in [5.74, 6) is -2.08. The molecule has 0 aliphatic heterocycles. The van der Waals surface area contributed by atoms with Gasteiger partial charge in [0.2, 0.25) is 5.95 Å². The number of carbonyl (C=O) groups excluding carboxylic acids is 1. The summed E-state index contributed by atoms with van der Waals surface area (Å²) >= 11 is 1.29. The molecule has 0 aromatic carbocycles. The van der Waals surface area contributed by atoms with Crippen LogP contribution >= 0.6 is 11.8 Å². The minimum atomic E-state index is -0.850. The Kier molecular flexibility index (Phi) is 3.44. The van der Waals surface area contributed by atoms with Crippen molar-refractivity contribution < 1.29 is 13.6 Å². The molecule has 82 valence electrons. The number of carbonyl (C=O) groups is 1. The predicted molar refractivity (Wildman–Crippen MR) is 56.1 cm³/mol. The van der Waals surface area contributed by atoms with E-state index in [9.17, 15) is 13.6 Å². The van der Waals surface area contributed by atoms with Crippen LogP contribution in [0.4, 0.5) is 8.78 Å².